The molecule has 2 heterocycles. The van der Waals surface area contributed by atoms with Crippen molar-refractivity contribution in [3.63, 3.8) is 0 Å². The molecule has 0 fully saturated rings. The molecule has 178 valence electrons. The highest BCUT2D eigenvalue weighted by Crippen LogP contribution is 2.31. The second-order valence-corrected chi connectivity index (χ2v) is 7.40. The molecule has 6 nitrogen and oxygen atoms in total. The summed E-state index contributed by atoms with van der Waals surface area (Å²) in [7, 11) is 0. The number of aromatic nitrogens is 3. The normalized spacial score (nSPS) is 12.0. The fourth-order valence-electron chi connectivity index (χ4n) is 3.47. The number of aromatic carboxylic acids is 1. The molecule has 0 atom stereocenters. The van der Waals surface area contributed by atoms with E-state index in [-0.39, 0.29) is 23.3 Å². The molecule has 2 aromatic heterocycles. The smallest absolute Gasteiger partial charge is 0.389 e. The van der Waals surface area contributed by atoms with Gasteiger partial charge in [0.05, 0.1) is 18.5 Å². The number of hydrogen-bond donors (Lipinski definition) is 1. The third-order valence-corrected chi connectivity index (χ3v) is 5.02. The second-order valence-electron chi connectivity index (χ2n) is 7.40. The van der Waals surface area contributed by atoms with E-state index in [0.717, 1.165) is 22.3 Å². The quantitative estimate of drug-likeness (QED) is 0.286. The first-order chi connectivity index (χ1) is 15.6. The molecule has 0 spiro atoms. The van der Waals surface area contributed by atoms with E-state index >= 15 is 0 Å². The lowest BCUT2D eigenvalue weighted by molar-refractivity contribution is -0.135. The number of halogens is 5. The predicted octanol–water partition coefficient (Wildman–Crippen LogP) is 6.10. The number of alkyl halides is 5. The van der Waals surface area contributed by atoms with Gasteiger partial charge in [-0.1, -0.05) is 18.6 Å². The van der Waals surface area contributed by atoms with E-state index in [4.69, 9.17) is 4.74 Å². The van der Waals surface area contributed by atoms with Crippen molar-refractivity contribution in [1.29, 1.82) is 0 Å². The molecule has 3 aromatic rings. The molecule has 0 aliphatic heterocycles. The Morgan fingerprint density at radius 1 is 1.18 bits per heavy atom. The summed E-state index contributed by atoms with van der Waals surface area (Å²) >= 11 is 0. The SMILES string of the molecule is CCOc1cc(-c2cc(C(F)F)n3ncc(C(=O)O)c3n2)ccc1CCCCCC(F)(F)F. The first-order valence-electron chi connectivity index (χ1n) is 10.3. The van der Waals surface area contributed by atoms with Crippen LogP contribution in [0, 0.1) is 0 Å². The van der Waals surface area contributed by atoms with E-state index < -0.39 is 30.7 Å². The van der Waals surface area contributed by atoms with Crippen LogP contribution in [-0.4, -0.2) is 38.5 Å². The van der Waals surface area contributed by atoms with E-state index in [1.165, 1.54) is 0 Å². The number of aryl methyl sites for hydroxylation is 1. The van der Waals surface area contributed by atoms with Crippen LogP contribution < -0.4 is 4.74 Å². The van der Waals surface area contributed by atoms with Gasteiger partial charge in [0, 0.05) is 12.0 Å². The molecule has 0 saturated heterocycles. The Morgan fingerprint density at radius 3 is 2.58 bits per heavy atom. The summed E-state index contributed by atoms with van der Waals surface area (Å²) in [6.45, 7) is 2.09. The van der Waals surface area contributed by atoms with Crippen molar-refractivity contribution in [3.05, 3.63) is 47.3 Å². The van der Waals surface area contributed by atoms with Gasteiger partial charge >= 0.3 is 12.1 Å². The van der Waals surface area contributed by atoms with Crippen LogP contribution in [-0.2, 0) is 6.42 Å². The number of rotatable bonds is 10. The summed E-state index contributed by atoms with van der Waals surface area (Å²) in [5.41, 5.74) is 0.313. The number of ether oxygens (including phenoxy) is 1. The predicted molar refractivity (Wildman–Crippen MR) is 110 cm³/mol. The highest BCUT2D eigenvalue weighted by atomic mass is 19.4. The summed E-state index contributed by atoms with van der Waals surface area (Å²) in [5.74, 6) is -0.871. The highest BCUT2D eigenvalue weighted by molar-refractivity contribution is 5.94. The minimum Gasteiger partial charge on any atom is -0.494 e. The molecule has 0 saturated carbocycles. The van der Waals surface area contributed by atoms with Crippen LogP contribution in [0.2, 0.25) is 0 Å². The molecule has 0 amide bonds. The van der Waals surface area contributed by atoms with Gasteiger partial charge in [-0.15, -0.1) is 0 Å². The Kier molecular flexibility index (Phi) is 7.50. The first kappa shape index (κ1) is 24.4. The van der Waals surface area contributed by atoms with Crippen molar-refractivity contribution in [2.45, 2.75) is 51.6 Å². The van der Waals surface area contributed by atoms with E-state index in [0.29, 0.717) is 37.2 Å². The zero-order valence-corrected chi connectivity index (χ0v) is 17.7. The van der Waals surface area contributed by atoms with Crippen molar-refractivity contribution < 1.29 is 36.6 Å². The van der Waals surface area contributed by atoms with Crippen LogP contribution in [0.15, 0.2) is 30.5 Å². The van der Waals surface area contributed by atoms with Crippen LogP contribution >= 0.6 is 0 Å². The molecular weight excluding hydrogens is 449 g/mol. The largest absolute Gasteiger partial charge is 0.494 e. The topological polar surface area (TPSA) is 76.7 Å². The van der Waals surface area contributed by atoms with Gasteiger partial charge in [-0.3, -0.25) is 0 Å². The maximum atomic E-state index is 13.6. The number of unbranched alkanes of at least 4 members (excludes halogenated alkanes) is 2. The zero-order chi connectivity index (χ0) is 24.2. The van der Waals surface area contributed by atoms with Gasteiger partial charge in [0.1, 0.15) is 17.0 Å². The Bertz CT molecular complexity index is 1130. The van der Waals surface area contributed by atoms with Crippen LogP contribution in [0.3, 0.4) is 0 Å². The number of carbonyl (C=O) groups is 1. The molecule has 1 N–H and O–H groups in total. The minimum absolute atomic E-state index is 0.0448. The summed E-state index contributed by atoms with van der Waals surface area (Å²) in [6.07, 6.45) is -5.46. The summed E-state index contributed by atoms with van der Waals surface area (Å²) in [6, 6.07) is 6.10. The van der Waals surface area contributed by atoms with Gasteiger partial charge in [0.15, 0.2) is 5.65 Å². The van der Waals surface area contributed by atoms with Gasteiger partial charge in [0.25, 0.3) is 6.43 Å². The molecule has 0 unspecified atom stereocenters. The van der Waals surface area contributed by atoms with Crippen molar-refractivity contribution in [3.8, 4) is 17.0 Å². The van der Waals surface area contributed by atoms with Crippen molar-refractivity contribution in [2.75, 3.05) is 6.61 Å². The Hall–Kier alpha value is -3.24. The van der Waals surface area contributed by atoms with Crippen LogP contribution in [0.25, 0.3) is 16.9 Å². The average molecular weight is 471 g/mol. The van der Waals surface area contributed by atoms with Crippen molar-refractivity contribution in [2.24, 2.45) is 0 Å². The molecule has 3 rings (SSSR count). The number of nitrogens with zero attached hydrogens (tertiary/aromatic N) is 3. The summed E-state index contributed by atoms with van der Waals surface area (Å²) in [4.78, 5) is 15.7. The van der Waals surface area contributed by atoms with Gasteiger partial charge in [-0.05, 0) is 43.9 Å². The van der Waals surface area contributed by atoms with E-state index in [1.54, 1.807) is 25.1 Å². The van der Waals surface area contributed by atoms with Crippen LogP contribution in [0.5, 0.6) is 5.75 Å². The molecule has 0 aliphatic rings. The minimum atomic E-state index is -4.17. The summed E-state index contributed by atoms with van der Waals surface area (Å²) < 4.78 is 70.5. The molecule has 11 heteroatoms. The number of hydrogen-bond acceptors (Lipinski definition) is 4. The van der Waals surface area contributed by atoms with Gasteiger partial charge in [-0.25, -0.2) is 23.1 Å². The van der Waals surface area contributed by atoms with E-state index in [9.17, 15) is 31.9 Å². The molecule has 0 bridgehead atoms. The molecule has 1 aromatic carbocycles. The first-order valence-corrected chi connectivity index (χ1v) is 10.3. The number of carboxylic acid groups (broad SMARTS) is 1. The van der Waals surface area contributed by atoms with Crippen molar-refractivity contribution >= 4 is 11.6 Å². The third-order valence-electron chi connectivity index (χ3n) is 5.02. The summed E-state index contributed by atoms with van der Waals surface area (Å²) in [5, 5.41) is 13.0. The molecule has 0 aliphatic carbocycles. The number of benzene rings is 1. The maximum absolute atomic E-state index is 13.6. The highest BCUT2D eigenvalue weighted by Gasteiger charge is 2.26. The molecule has 33 heavy (non-hydrogen) atoms. The monoisotopic (exact) mass is 471 g/mol. The number of carboxylic acids is 1. The lowest BCUT2D eigenvalue weighted by Crippen LogP contribution is -2.06. The third kappa shape index (κ3) is 5.96. The number of fused-ring (bicyclic) bond motifs is 1. The Labute approximate surface area is 186 Å². The van der Waals surface area contributed by atoms with Gasteiger partial charge in [-0.2, -0.15) is 18.3 Å². The maximum Gasteiger partial charge on any atom is 0.389 e. The Balaban J connectivity index is 1.90. The van der Waals surface area contributed by atoms with E-state index in [2.05, 4.69) is 10.1 Å². The average Bonchev–Trinajstić information content (AvgIpc) is 3.17. The standard InChI is InChI=1S/C22H22F5N3O3/c1-2-33-18-10-14(8-7-13(18)6-4-3-5-9-22(25,26)27)16-11-17(19(23)24)30-20(29-16)15(12-28-30)21(31)32/h7-8,10-12,19H,2-6,9H2,1H3,(H,31,32). The Morgan fingerprint density at radius 2 is 1.94 bits per heavy atom. The second kappa shape index (κ2) is 10.1. The van der Waals surface area contributed by atoms with E-state index in [1.807, 2.05) is 0 Å². The molecule has 0 radical (unpaired) electrons. The fourth-order valence-corrected chi connectivity index (χ4v) is 3.47. The molecular formula is C22H22F5N3O3. The van der Waals surface area contributed by atoms with Crippen molar-refractivity contribution in [1.82, 2.24) is 14.6 Å². The van der Waals surface area contributed by atoms with Crippen LogP contribution in [0.4, 0.5) is 22.0 Å². The van der Waals surface area contributed by atoms with Crippen LogP contribution in [0.1, 0.15) is 60.6 Å². The lowest BCUT2D eigenvalue weighted by atomic mass is 10.0. The fraction of sp³-hybridized carbons (Fsp3) is 0.409. The zero-order valence-electron chi connectivity index (χ0n) is 17.7. The van der Waals surface area contributed by atoms with Gasteiger partial charge < -0.3 is 9.84 Å². The lowest BCUT2D eigenvalue weighted by Gasteiger charge is -2.13. The van der Waals surface area contributed by atoms with Gasteiger partial charge in [0.2, 0.25) is 0 Å².